The first-order valence-electron chi connectivity index (χ1n) is 9.47. The Labute approximate surface area is 182 Å². The smallest absolute Gasteiger partial charge is 0.336 e. The van der Waals surface area contributed by atoms with Crippen molar-refractivity contribution in [3.05, 3.63) is 63.8 Å². The Balaban J connectivity index is 1.50. The fraction of sp³-hybridized carbons (Fsp3) is 0.273. The maximum atomic E-state index is 12.9. The summed E-state index contributed by atoms with van der Waals surface area (Å²) >= 11 is 3.53. The molecule has 0 aliphatic carbocycles. The molecule has 0 aromatic heterocycles. The molecule has 7 nitrogen and oxygen atoms in total. The van der Waals surface area contributed by atoms with E-state index in [0.717, 1.165) is 10.0 Å². The lowest BCUT2D eigenvalue weighted by Crippen LogP contribution is -2.34. The second kappa shape index (κ2) is 8.79. The van der Waals surface area contributed by atoms with Crippen molar-refractivity contribution in [3.63, 3.8) is 0 Å². The summed E-state index contributed by atoms with van der Waals surface area (Å²) in [5.74, 6) is 0.792. The molecule has 2 heterocycles. The predicted octanol–water partition coefficient (Wildman–Crippen LogP) is 3.68. The average molecular weight is 474 g/mol. The van der Waals surface area contributed by atoms with E-state index in [0.29, 0.717) is 28.5 Å². The zero-order valence-corrected chi connectivity index (χ0v) is 17.9. The first-order valence-corrected chi connectivity index (χ1v) is 10.3. The highest BCUT2D eigenvalue weighted by atomic mass is 79.9. The molecular formula is C22H20BrNO6. The number of rotatable bonds is 6. The third-order valence-electron chi connectivity index (χ3n) is 4.88. The van der Waals surface area contributed by atoms with Gasteiger partial charge in [-0.2, -0.15) is 0 Å². The Morgan fingerprint density at radius 3 is 2.67 bits per heavy atom. The van der Waals surface area contributed by atoms with E-state index in [2.05, 4.69) is 21.2 Å². The molecule has 0 fully saturated rings. The minimum Gasteiger partial charge on any atom is -0.490 e. The Morgan fingerprint density at radius 2 is 1.90 bits per heavy atom. The van der Waals surface area contributed by atoms with E-state index in [1.54, 1.807) is 19.1 Å². The number of hydrogen-bond acceptors (Lipinski definition) is 6. The van der Waals surface area contributed by atoms with Gasteiger partial charge in [-0.3, -0.25) is 4.79 Å². The van der Waals surface area contributed by atoms with Gasteiger partial charge in [0.05, 0.1) is 5.57 Å². The lowest BCUT2D eigenvalue weighted by Gasteiger charge is -2.27. The SMILES string of the molecule is CC1=C(C(=O)OCCOc2ccccc2)[C@H](c2cc3c(cc2Br)OCO3)CC(=O)N1. The average Bonchev–Trinajstić information content (AvgIpc) is 3.18. The Kier molecular flexibility index (Phi) is 5.94. The van der Waals surface area contributed by atoms with E-state index in [1.807, 2.05) is 30.3 Å². The summed E-state index contributed by atoms with van der Waals surface area (Å²) in [6.07, 6.45) is 0.126. The third kappa shape index (κ3) is 4.28. The molecule has 30 heavy (non-hydrogen) atoms. The van der Waals surface area contributed by atoms with Crippen LogP contribution in [0.2, 0.25) is 0 Å². The van der Waals surface area contributed by atoms with Crippen LogP contribution in [-0.2, 0) is 14.3 Å². The van der Waals surface area contributed by atoms with E-state index in [-0.39, 0.29) is 32.3 Å². The lowest BCUT2D eigenvalue weighted by molar-refractivity contribution is -0.140. The van der Waals surface area contributed by atoms with Crippen LogP contribution in [0.3, 0.4) is 0 Å². The van der Waals surface area contributed by atoms with Gasteiger partial charge in [0, 0.05) is 22.5 Å². The number of hydrogen-bond donors (Lipinski definition) is 1. The van der Waals surface area contributed by atoms with Gasteiger partial charge >= 0.3 is 5.97 Å². The molecule has 8 heteroatoms. The molecule has 2 aliphatic heterocycles. The van der Waals surface area contributed by atoms with E-state index in [9.17, 15) is 9.59 Å². The topological polar surface area (TPSA) is 83.1 Å². The van der Waals surface area contributed by atoms with Crippen molar-refractivity contribution in [3.8, 4) is 17.2 Å². The van der Waals surface area contributed by atoms with Crippen molar-refractivity contribution in [2.24, 2.45) is 0 Å². The number of amides is 1. The Morgan fingerprint density at radius 1 is 1.17 bits per heavy atom. The van der Waals surface area contributed by atoms with Crippen molar-refractivity contribution in [1.82, 2.24) is 5.32 Å². The number of esters is 1. The molecule has 4 rings (SSSR count). The number of allylic oxidation sites excluding steroid dienone is 1. The van der Waals surface area contributed by atoms with E-state index >= 15 is 0 Å². The van der Waals surface area contributed by atoms with Crippen molar-refractivity contribution in [2.45, 2.75) is 19.3 Å². The van der Waals surface area contributed by atoms with Gasteiger partial charge in [0.2, 0.25) is 12.7 Å². The molecule has 156 valence electrons. The Bertz CT molecular complexity index is 1000. The largest absolute Gasteiger partial charge is 0.490 e. The summed E-state index contributed by atoms with van der Waals surface area (Å²) in [7, 11) is 0. The highest BCUT2D eigenvalue weighted by Gasteiger charge is 2.35. The van der Waals surface area contributed by atoms with Crippen LogP contribution in [-0.4, -0.2) is 31.9 Å². The standard InChI is InChI=1S/C22H20BrNO6/c1-13-21(22(26)28-8-7-27-14-5-3-2-4-6-14)16(10-20(25)24-13)15-9-18-19(11-17(15)23)30-12-29-18/h2-6,9,11,16H,7-8,10,12H2,1H3,(H,24,25)/t16-/m0/s1. The van der Waals surface area contributed by atoms with Crippen LogP contribution in [0.1, 0.15) is 24.8 Å². The highest BCUT2D eigenvalue weighted by molar-refractivity contribution is 9.10. The van der Waals surface area contributed by atoms with Gasteiger partial charge in [-0.1, -0.05) is 34.1 Å². The maximum Gasteiger partial charge on any atom is 0.336 e. The summed E-state index contributed by atoms with van der Waals surface area (Å²) < 4.78 is 22.6. The molecule has 1 atom stereocenters. The van der Waals surface area contributed by atoms with Gasteiger partial charge in [0.15, 0.2) is 11.5 Å². The first kappa shape index (κ1) is 20.3. The quantitative estimate of drug-likeness (QED) is 0.508. The number of ether oxygens (including phenoxy) is 4. The number of carbonyl (C=O) groups excluding carboxylic acids is 2. The van der Waals surface area contributed by atoms with E-state index < -0.39 is 11.9 Å². The second-order valence-electron chi connectivity index (χ2n) is 6.87. The van der Waals surface area contributed by atoms with Gasteiger partial charge in [-0.05, 0) is 36.8 Å². The van der Waals surface area contributed by atoms with Crippen LogP contribution < -0.4 is 19.5 Å². The predicted molar refractivity (Wildman–Crippen MR) is 111 cm³/mol. The van der Waals surface area contributed by atoms with E-state index in [1.165, 1.54) is 0 Å². The minimum atomic E-state index is -0.487. The molecule has 2 aromatic carbocycles. The van der Waals surface area contributed by atoms with Crippen LogP contribution >= 0.6 is 15.9 Å². The fourth-order valence-electron chi connectivity index (χ4n) is 3.53. The summed E-state index contributed by atoms with van der Waals surface area (Å²) in [5, 5.41) is 2.74. The van der Waals surface area contributed by atoms with Crippen molar-refractivity contribution >= 4 is 27.8 Å². The van der Waals surface area contributed by atoms with Gasteiger partial charge in [-0.15, -0.1) is 0 Å². The first-order chi connectivity index (χ1) is 14.5. The molecule has 0 saturated heterocycles. The molecule has 0 bridgehead atoms. The van der Waals surface area contributed by atoms with Gasteiger partial charge in [0.1, 0.15) is 19.0 Å². The molecule has 0 spiro atoms. The molecule has 1 N–H and O–H groups in total. The summed E-state index contributed by atoms with van der Waals surface area (Å²) in [6, 6.07) is 12.9. The van der Waals surface area contributed by atoms with Crippen molar-refractivity contribution < 1.29 is 28.5 Å². The molecule has 0 unspecified atom stereocenters. The molecule has 1 amide bonds. The minimum absolute atomic E-state index is 0.0908. The number of carbonyl (C=O) groups is 2. The van der Waals surface area contributed by atoms with E-state index in [4.69, 9.17) is 18.9 Å². The third-order valence-corrected chi connectivity index (χ3v) is 5.57. The maximum absolute atomic E-state index is 12.9. The number of nitrogens with one attached hydrogen (secondary N) is 1. The highest BCUT2D eigenvalue weighted by Crippen LogP contribution is 2.43. The van der Waals surface area contributed by atoms with Crippen LogP contribution in [0.15, 0.2) is 58.2 Å². The normalized spacial score (nSPS) is 17.5. The summed E-state index contributed by atoms with van der Waals surface area (Å²) in [5.41, 5.74) is 1.66. The van der Waals surface area contributed by atoms with Gasteiger partial charge < -0.3 is 24.3 Å². The monoisotopic (exact) mass is 473 g/mol. The zero-order chi connectivity index (χ0) is 21.1. The van der Waals surface area contributed by atoms with Crippen LogP contribution in [0.25, 0.3) is 0 Å². The van der Waals surface area contributed by atoms with Crippen LogP contribution in [0.5, 0.6) is 17.2 Å². The summed E-state index contributed by atoms with van der Waals surface area (Å²) in [4.78, 5) is 25.1. The molecular weight excluding hydrogens is 454 g/mol. The van der Waals surface area contributed by atoms with Crippen LogP contribution in [0.4, 0.5) is 0 Å². The van der Waals surface area contributed by atoms with Gasteiger partial charge in [-0.25, -0.2) is 4.79 Å². The van der Waals surface area contributed by atoms with Crippen molar-refractivity contribution in [2.75, 3.05) is 20.0 Å². The van der Waals surface area contributed by atoms with Crippen molar-refractivity contribution in [1.29, 1.82) is 0 Å². The summed E-state index contributed by atoms with van der Waals surface area (Å²) in [6.45, 7) is 2.16. The molecule has 0 radical (unpaired) electrons. The second-order valence-corrected chi connectivity index (χ2v) is 7.72. The Hall–Kier alpha value is -3.00. The van der Waals surface area contributed by atoms with Crippen LogP contribution in [0, 0.1) is 0 Å². The number of benzene rings is 2. The number of halogens is 1. The molecule has 0 saturated carbocycles. The molecule has 2 aliphatic rings. The fourth-order valence-corrected chi connectivity index (χ4v) is 4.12. The number of fused-ring (bicyclic) bond motifs is 1. The van der Waals surface area contributed by atoms with Gasteiger partial charge in [0.25, 0.3) is 0 Å². The number of para-hydroxylation sites is 1. The lowest BCUT2D eigenvalue weighted by atomic mass is 9.84. The molecule has 2 aromatic rings. The zero-order valence-electron chi connectivity index (χ0n) is 16.3.